The molecule has 1 atom stereocenters. The molecule has 1 N–H and O–H groups in total. The van der Waals surface area contributed by atoms with E-state index in [1.54, 1.807) is 42.7 Å². The number of aliphatic hydroxyl groups is 1. The summed E-state index contributed by atoms with van der Waals surface area (Å²) in [7, 11) is 0. The minimum atomic E-state index is -0.773. The highest BCUT2D eigenvalue weighted by Gasteiger charge is 2.46. The summed E-state index contributed by atoms with van der Waals surface area (Å²) < 4.78 is 5.57. The van der Waals surface area contributed by atoms with Crippen molar-refractivity contribution in [2.24, 2.45) is 0 Å². The number of amides is 1. The Morgan fingerprint density at radius 3 is 2.32 bits per heavy atom. The minimum Gasteiger partial charge on any atom is -0.507 e. The van der Waals surface area contributed by atoms with Gasteiger partial charge in [0.15, 0.2) is 0 Å². The second kappa shape index (κ2) is 11.5. The third-order valence-electron chi connectivity index (χ3n) is 6.48. The van der Waals surface area contributed by atoms with Crippen molar-refractivity contribution in [3.8, 4) is 5.75 Å². The zero-order chi connectivity index (χ0) is 26.5. The SMILES string of the molecule is CCOc1cc(/C(O)=C2/C(=O)C(=O)N(Cc3ccncc3)C2c2ccc(N(CC)CC)cc2)ccc1Cl. The van der Waals surface area contributed by atoms with E-state index in [-0.39, 0.29) is 17.9 Å². The van der Waals surface area contributed by atoms with Crippen LogP contribution in [-0.4, -0.2) is 46.4 Å². The lowest BCUT2D eigenvalue weighted by Gasteiger charge is -2.27. The van der Waals surface area contributed by atoms with Crippen LogP contribution in [0.3, 0.4) is 0 Å². The van der Waals surface area contributed by atoms with E-state index >= 15 is 0 Å². The number of pyridine rings is 1. The molecule has 1 fully saturated rings. The monoisotopic (exact) mass is 519 g/mol. The van der Waals surface area contributed by atoms with Gasteiger partial charge in [-0.05, 0) is 74.4 Å². The minimum absolute atomic E-state index is 0.0272. The van der Waals surface area contributed by atoms with Gasteiger partial charge in [0.1, 0.15) is 11.5 Å². The first-order valence-corrected chi connectivity index (χ1v) is 12.7. The van der Waals surface area contributed by atoms with Crippen molar-refractivity contribution in [2.45, 2.75) is 33.4 Å². The van der Waals surface area contributed by atoms with E-state index in [1.807, 2.05) is 31.2 Å². The molecular formula is C29H30ClN3O4. The summed E-state index contributed by atoms with van der Waals surface area (Å²) in [6.07, 6.45) is 3.28. The van der Waals surface area contributed by atoms with Gasteiger partial charge in [-0.3, -0.25) is 14.6 Å². The topological polar surface area (TPSA) is 83.0 Å². The zero-order valence-electron chi connectivity index (χ0n) is 21.1. The van der Waals surface area contributed by atoms with Crippen molar-refractivity contribution in [1.82, 2.24) is 9.88 Å². The number of benzene rings is 2. The van der Waals surface area contributed by atoms with Crippen molar-refractivity contribution in [1.29, 1.82) is 0 Å². The molecule has 0 aliphatic carbocycles. The van der Waals surface area contributed by atoms with E-state index in [0.29, 0.717) is 22.9 Å². The molecule has 1 aliphatic heterocycles. The molecule has 2 heterocycles. The molecule has 1 saturated heterocycles. The zero-order valence-corrected chi connectivity index (χ0v) is 21.9. The maximum absolute atomic E-state index is 13.4. The Balaban J connectivity index is 1.84. The number of ketones is 1. The van der Waals surface area contributed by atoms with Crippen LogP contribution < -0.4 is 9.64 Å². The standard InChI is InChI=1S/C29H30ClN3O4/c1-4-32(5-2)22-10-7-20(8-11-22)26-25(27(34)21-9-12-23(30)24(17-21)37-6-3)28(35)29(36)33(26)18-19-13-15-31-16-14-19/h7-17,26,34H,4-6,18H2,1-3H3/b27-25-. The molecule has 0 saturated carbocycles. The lowest BCUT2D eigenvalue weighted by molar-refractivity contribution is -0.140. The molecule has 1 aromatic heterocycles. The number of rotatable bonds is 9. The van der Waals surface area contributed by atoms with Crippen molar-refractivity contribution in [3.05, 3.63) is 94.3 Å². The fraction of sp³-hybridized carbons (Fsp3) is 0.276. The van der Waals surface area contributed by atoms with Gasteiger partial charge in [-0.25, -0.2) is 0 Å². The van der Waals surface area contributed by atoms with E-state index in [1.165, 1.54) is 4.90 Å². The number of carbonyl (C=O) groups excluding carboxylic acids is 2. The summed E-state index contributed by atoms with van der Waals surface area (Å²) in [5.41, 5.74) is 2.97. The van der Waals surface area contributed by atoms with Crippen LogP contribution in [0.2, 0.25) is 5.02 Å². The van der Waals surface area contributed by atoms with Crippen molar-refractivity contribution in [2.75, 3.05) is 24.6 Å². The van der Waals surface area contributed by atoms with Crippen LogP contribution in [0.15, 0.2) is 72.6 Å². The summed E-state index contributed by atoms with van der Waals surface area (Å²) in [5.74, 6) is -1.29. The van der Waals surface area contributed by atoms with Crippen LogP contribution in [0.1, 0.15) is 43.5 Å². The van der Waals surface area contributed by atoms with Gasteiger partial charge < -0.3 is 19.6 Å². The molecule has 2 aromatic carbocycles. The summed E-state index contributed by atoms with van der Waals surface area (Å²) in [6.45, 7) is 8.29. The van der Waals surface area contributed by atoms with Gasteiger partial charge in [-0.1, -0.05) is 23.7 Å². The third-order valence-corrected chi connectivity index (χ3v) is 6.80. The van der Waals surface area contributed by atoms with E-state index in [0.717, 1.165) is 29.9 Å². The average molecular weight is 520 g/mol. The van der Waals surface area contributed by atoms with Crippen LogP contribution in [0.25, 0.3) is 5.76 Å². The van der Waals surface area contributed by atoms with E-state index in [4.69, 9.17) is 16.3 Å². The highest BCUT2D eigenvalue weighted by atomic mass is 35.5. The summed E-state index contributed by atoms with van der Waals surface area (Å²) in [5, 5.41) is 11.8. The highest BCUT2D eigenvalue weighted by molar-refractivity contribution is 6.46. The molecule has 4 rings (SSSR count). The lowest BCUT2D eigenvalue weighted by Crippen LogP contribution is -2.29. The van der Waals surface area contributed by atoms with E-state index in [9.17, 15) is 14.7 Å². The Kier molecular flexibility index (Phi) is 8.14. The number of halogens is 1. The highest BCUT2D eigenvalue weighted by Crippen LogP contribution is 2.41. The number of hydrogen-bond donors (Lipinski definition) is 1. The average Bonchev–Trinajstić information content (AvgIpc) is 3.16. The second-order valence-corrected chi connectivity index (χ2v) is 9.03. The van der Waals surface area contributed by atoms with E-state index in [2.05, 4.69) is 23.7 Å². The number of carbonyl (C=O) groups is 2. The molecule has 192 valence electrons. The summed E-state index contributed by atoms with van der Waals surface area (Å²) in [4.78, 5) is 34.4. The number of Topliss-reactive ketones (excluding diaryl/α,β-unsaturated/α-hetero) is 1. The predicted molar refractivity (Wildman–Crippen MR) is 145 cm³/mol. The largest absolute Gasteiger partial charge is 0.507 e. The number of anilines is 1. The second-order valence-electron chi connectivity index (χ2n) is 8.62. The fourth-order valence-electron chi connectivity index (χ4n) is 4.60. The first kappa shape index (κ1) is 26.2. The maximum atomic E-state index is 13.4. The Morgan fingerprint density at radius 2 is 1.70 bits per heavy atom. The van der Waals surface area contributed by atoms with Crippen molar-refractivity contribution in [3.63, 3.8) is 0 Å². The van der Waals surface area contributed by atoms with Crippen molar-refractivity contribution < 1.29 is 19.4 Å². The third kappa shape index (κ3) is 5.32. The van der Waals surface area contributed by atoms with Gasteiger partial charge in [0.05, 0.1) is 23.2 Å². The van der Waals surface area contributed by atoms with Crippen LogP contribution in [-0.2, 0) is 16.1 Å². The van der Waals surface area contributed by atoms with Crippen LogP contribution in [0.4, 0.5) is 5.69 Å². The van der Waals surface area contributed by atoms with Gasteiger partial charge >= 0.3 is 0 Å². The molecule has 1 amide bonds. The number of ether oxygens (including phenoxy) is 1. The molecule has 1 unspecified atom stereocenters. The van der Waals surface area contributed by atoms with Crippen LogP contribution in [0, 0.1) is 0 Å². The number of hydrogen-bond acceptors (Lipinski definition) is 6. The predicted octanol–water partition coefficient (Wildman–Crippen LogP) is 5.60. The molecule has 0 bridgehead atoms. The summed E-state index contributed by atoms with van der Waals surface area (Å²) >= 11 is 6.23. The van der Waals surface area contributed by atoms with E-state index < -0.39 is 17.7 Å². The first-order chi connectivity index (χ1) is 17.9. The Morgan fingerprint density at radius 1 is 1.03 bits per heavy atom. The Hall–Kier alpha value is -3.84. The van der Waals surface area contributed by atoms with Crippen molar-refractivity contribution >= 4 is 34.7 Å². The summed E-state index contributed by atoms with van der Waals surface area (Å²) in [6, 6.07) is 15.4. The lowest BCUT2D eigenvalue weighted by atomic mass is 9.94. The molecule has 3 aromatic rings. The molecule has 1 aliphatic rings. The number of likely N-dealkylation sites (tertiary alicyclic amines) is 1. The van der Waals surface area contributed by atoms with Crippen LogP contribution in [0.5, 0.6) is 5.75 Å². The molecule has 8 heteroatoms. The van der Waals surface area contributed by atoms with Crippen LogP contribution >= 0.6 is 11.6 Å². The molecule has 0 spiro atoms. The van der Waals surface area contributed by atoms with Gasteiger partial charge in [0.2, 0.25) is 0 Å². The molecule has 37 heavy (non-hydrogen) atoms. The normalized spacial score (nSPS) is 16.8. The molecular weight excluding hydrogens is 490 g/mol. The first-order valence-electron chi connectivity index (χ1n) is 12.3. The Labute approximate surface area is 222 Å². The van der Waals surface area contributed by atoms with Gasteiger partial charge in [-0.2, -0.15) is 0 Å². The Bertz CT molecular complexity index is 1300. The smallest absolute Gasteiger partial charge is 0.295 e. The maximum Gasteiger partial charge on any atom is 0.295 e. The number of aliphatic hydroxyl groups excluding tert-OH is 1. The molecule has 7 nitrogen and oxygen atoms in total. The van der Waals surface area contributed by atoms with Gasteiger partial charge in [0.25, 0.3) is 11.7 Å². The quantitative estimate of drug-likeness (QED) is 0.225. The number of aromatic nitrogens is 1. The van der Waals surface area contributed by atoms with Gasteiger partial charge in [-0.15, -0.1) is 0 Å². The molecule has 0 radical (unpaired) electrons. The number of nitrogens with zero attached hydrogens (tertiary/aromatic N) is 3. The fourth-order valence-corrected chi connectivity index (χ4v) is 4.78. The van der Waals surface area contributed by atoms with Gasteiger partial charge in [0, 0.05) is 43.3 Å².